The summed E-state index contributed by atoms with van der Waals surface area (Å²) in [6.45, 7) is 0.489. The van der Waals surface area contributed by atoms with Crippen LogP contribution in [-0.2, 0) is 16.0 Å². The first-order valence-electron chi connectivity index (χ1n) is 13.9. The number of Topliss-reactive ketones (excluding diaryl/α,β-unsaturated/α-hetero) is 1. The van der Waals surface area contributed by atoms with Gasteiger partial charge in [0.25, 0.3) is 0 Å². The van der Waals surface area contributed by atoms with E-state index in [-0.39, 0.29) is 23.6 Å². The molecule has 11 heteroatoms. The zero-order valence-corrected chi connectivity index (χ0v) is 23.2. The number of fused-ring (bicyclic) bond motifs is 2. The second-order valence-corrected chi connectivity index (χ2v) is 11.9. The summed E-state index contributed by atoms with van der Waals surface area (Å²) in [7, 11) is 0. The number of hydrogen-bond donors (Lipinski definition) is 5. The summed E-state index contributed by atoms with van der Waals surface area (Å²) in [5.41, 5.74) is 18.5. The van der Waals surface area contributed by atoms with E-state index >= 15 is 0 Å². The first kappa shape index (κ1) is 28.3. The van der Waals surface area contributed by atoms with Gasteiger partial charge in [0, 0.05) is 6.04 Å². The maximum absolute atomic E-state index is 13.8. The second-order valence-electron chi connectivity index (χ2n) is 10.9. The Bertz CT molecular complexity index is 1330. The maximum Gasteiger partial charge on any atom is 0.243 e. The van der Waals surface area contributed by atoms with Crippen LogP contribution in [0, 0.1) is 0 Å². The van der Waals surface area contributed by atoms with Gasteiger partial charge in [-0.3, -0.25) is 19.7 Å². The molecule has 2 aliphatic rings. The molecule has 0 saturated carbocycles. The van der Waals surface area contributed by atoms with E-state index in [9.17, 15) is 14.4 Å². The second kappa shape index (κ2) is 12.1. The summed E-state index contributed by atoms with van der Waals surface area (Å²) in [4.78, 5) is 47.3. The van der Waals surface area contributed by atoms with E-state index in [1.165, 1.54) is 11.3 Å². The number of carbonyl (C=O) groups excluding carboxylic acids is 3. The molecule has 0 aliphatic carbocycles. The van der Waals surface area contributed by atoms with Gasteiger partial charge in [0.2, 0.25) is 17.6 Å². The Morgan fingerprint density at radius 3 is 2.58 bits per heavy atom. The topological polar surface area (TPSA) is 169 Å². The highest BCUT2D eigenvalue weighted by atomic mass is 32.1. The van der Waals surface area contributed by atoms with Crippen molar-refractivity contribution in [2.75, 3.05) is 6.54 Å². The van der Waals surface area contributed by atoms with Gasteiger partial charge >= 0.3 is 0 Å². The van der Waals surface area contributed by atoms with Crippen molar-refractivity contribution in [3.8, 4) is 0 Å². The molecule has 0 spiro atoms. The molecule has 2 aromatic carbocycles. The van der Waals surface area contributed by atoms with Gasteiger partial charge in [-0.1, -0.05) is 42.5 Å². The van der Waals surface area contributed by atoms with Crippen LogP contribution < -0.4 is 27.8 Å². The average molecular weight is 564 g/mol. The number of nitrogens with one attached hydrogen (secondary N) is 2. The quantitative estimate of drug-likeness (QED) is 0.133. The van der Waals surface area contributed by atoms with Crippen LogP contribution >= 0.6 is 11.3 Å². The number of ketones is 1. The molecule has 212 valence electrons. The van der Waals surface area contributed by atoms with E-state index in [2.05, 4.69) is 15.6 Å². The predicted molar refractivity (Wildman–Crippen MR) is 155 cm³/mol. The maximum atomic E-state index is 13.8. The van der Waals surface area contributed by atoms with E-state index in [0.29, 0.717) is 43.7 Å². The molecule has 1 aromatic heterocycles. The molecular formula is C29H37N7O3S. The Morgan fingerprint density at radius 2 is 1.82 bits per heavy atom. The lowest BCUT2D eigenvalue weighted by Crippen LogP contribution is -2.65. The van der Waals surface area contributed by atoms with Crippen LogP contribution in [0.15, 0.2) is 54.6 Å². The minimum absolute atomic E-state index is 0.0237. The molecule has 2 fully saturated rings. The molecule has 8 N–H and O–H groups in total. The minimum atomic E-state index is -1.07. The number of hydrogen-bond acceptors (Lipinski definition) is 9. The largest absolute Gasteiger partial charge is 0.344 e. The molecule has 2 aliphatic heterocycles. The average Bonchev–Trinajstić information content (AvgIpc) is 3.57. The van der Waals surface area contributed by atoms with Crippen molar-refractivity contribution in [3.63, 3.8) is 0 Å². The summed E-state index contributed by atoms with van der Waals surface area (Å²) in [6.07, 6.45) is 3.28. The Hall–Kier alpha value is -3.22. The van der Waals surface area contributed by atoms with Crippen LogP contribution in [0.2, 0.25) is 0 Å². The normalized spacial score (nSPS) is 23.4. The van der Waals surface area contributed by atoms with Gasteiger partial charge < -0.3 is 27.4 Å². The molecule has 0 radical (unpaired) electrons. The fraction of sp³-hybridized carbons (Fsp3) is 0.448. The standard InChI is InChI=1S/C29H37N7O3S/c30-28(31)33-16-6-10-21(24(37)26-35-20-9-4-5-11-23(20)40-26)34-25(38)22-13-12-19-14-15-29(32,27(39)36(19)22)17-18-7-2-1-3-8-18/h1-5,7-9,11,19,21-22,28,33H,6,10,12-17,30-32H2,(H,34,38)/t19-,21?,22+,29-/m1/s1. The van der Waals surface area contributed by atoms with Crippen molar-refractivity contribution < 1.29 is 14.4 Å². The Labute approximate surface area is 237 Å². The summed E-state index contributed by atoms with van der Waals surface area (Å²) in [5, 5.41) is 6.25. The molecule has 3 heterocycles. The highest BCUT2D eigenvalue weighted by Gasteiger charge is 2.51. The molecule has 3 aromatic rings. The number of para-hydroxylation sites is 1. The molecule has 1 unspecified atom stereocenters. The number of thiazole rings is 1. The van der Waals surface area contributed by atoms with Crippen molar-refractivity contribution >= 4 is 39.2 Å². The number of nitrogens with zero attached hydrogens (tertiary/aromatic N) is 2. The zero-order valence-electron chi connectivity index (χ0n) is 22.4. The predicted octanol–water partition coefficient (Wildman–Crippen LogP) is 1.63. The van der Waals surface area contributed by atoms with Crippen LogP contribution in [0.1, 0.15) is 53.9 Å². The first-order valence-corrected chi connectivity index (χ1v) is 14.7. The van der Waals surface area contributed by atoms with Gasteiger partial charge in [-0.2, -0.15) is 0 Å². The fourth-order valence-electron chi connectivity index (χ4n) is 5.88. The fourth-order valence-corrected chi connectivity index (χ4v) is 6.84. The number of piperidine rings is 1. The lowest BCUT2D eigenvalue weighted by molar-refractivity contribution is -0.148. The number of rotatable bonds is 11. The Morgan fingerprint density at radius 1 is 1.07 bits per heavy atom. The minimum Gasteiger partial charge on any atom is -0.344 e. The highest BCUT2D eigenvalue weighted by molar-refractivity contribution is 7.20. The smallest absolute Gasteiger partial charge is 0.243 e. The van der Waals surface area contributed by atoms with Crippen LogP contribution in [0.25, 0.3) is 10.2 Å². The number of carbonyl (C=O) groups is 3. The first-order chi connectivity index (χ1) is 19.2. The molecule has 0 bridgehead atoms. The molecule has 5 rings (SSSR count). The number of aromatic nitrogens is 1. The molecule has 40 heavy (non-hydrogen) atoms. The van der Waals surface area contributed by atoms with Gasteiger partial charge in [-0.05, 0) is 69.2 Å². The van der Waals surface area contributed by atoms with E-state index in [1.807, 2.05) is 54.6 Å². The monoisotopic (exact) mass is 563 g/mol. The van der Waals surface area contributed by atoms with Crippen LogP contribution in [0.3, 0.4) is 0 Å². The van der Waals surface area contributed by atoms with Crippen molar-refractivity contribution in [1.82, 2.24) is 20.5 Å². The van der Waals surface area contributed by atoms with Gasteiger partial charge in [0.1, 0.15) is 12.3 Å². The summed E-state index contributed by atoms with van der Waals surface area (Å²) < 4.78 is 0.905. The number of amides is 2. The lowest BCUT2D eigenvalue weighted by Gasteiger charge is -2.43. The van der Waals surface area contributed by atoms with E-state index in [4.69, 9.17) is 17.2 Å². The van der Waals surface area contributed by atoms with Crippen molar-refractivity contribution in [1.29, 1.82) is 0 Å². The third-order valence-corrected chi connectivity index (χ3v) is 8.99. The summed E-state index contributed by atoms with van der Waals surface area (Å²) in [6, 6.07) is 15.8. The van der Waals surface area contributed by atoms with E-state index in [1.54, 1.807) is 4.90 Å². The molecule has 2 amide bonds. The van der Waals surface area contributed by atoms with Gasteiger partial charge in [-0.15, -0.1) is 11.3 Å². The van der Waals surface area contributed by atoms with Crippen molar-refractivity contribution in [2.45, 2.75) is 74.9 Å². The Kier molecular flexibility index (Phi) is 8.57. The molecule has 4 atom stereocenters. The lowest BCUT2D eigenvalue weighted by atomic mass is 9.81. The van der Waals surface area contributed by atoms with Crippen LogP contribution in [0.5, 0.6) is 0 Å². The molecular weight excluding hydrogens is 526 g/mol. The van der Waals surface area contributed by atoms with Gasteiger partial charge in [-0.25, -0.2) is 4.98 Å². The Balaban J connectivity index is 1.32. The van der Waals surface area contributed by atoms with Gasteiger partial charge in [0.05, 0.1) is 21.8 Å². The molecule has 2 saturated heterocycles. The zero-order chi connectivity index (χ0) is 28.3. The summed E-state index contributed by atoms with van der Waals surface area (Å²) >= 11 is 1.31. The van der Waals surface area contributed by atoms with Crippen LogP contribution in [0.4, 0.5) is 0 Å². The van der Waals surface area contributed by atoms with E-state index < -0.39 is 23.9 Å². The van der Waals surface area contributed by atoms with Crippen molar-refractivity contribution in [2.24, 2.45) is 17.2 Å². The van der Waals surface area contributed by atoms with E-state index in [0.717, 1.165) is 28.6 Å². The number of benzene rings is 2. The van der Waals surface area contributed by atoms with Crippen molar-refractivity contribution in [3.05, 3.63) is 65.2 Å². The SMILES string of the molecule is NC(N)NCCCC(NC(=O)[C@@H]1CC[C@@H]2CC[C@@](N)(Cc3ccccc3)C(=O)N21)C(=O)c1nc2ccccc2s1. The third-order valence-electron chi connectivity index (χ3n) is 7.94. The van der Waals surface area contributed by atoms with Crippen LogP contribution in [-0.4, -0.2) is 64.0 Å². The highest BCUT2D eigenvalue weighted by Crippen LogP contribution is 2.37. The summed E-state index contributed by atoms with van der Waals surface area (Å²) in [5.74, 6) is -0.772. The van der Waals surface area contributed by atoms with Gasteiger partial charge in [0.15, 0.2) is 5.01 Å². The molecule has 10 nitrogen and oxygen atoms in total. The third kappa shape index (κ3) is 6.08. The number of nitrogens with two attached hydrogens (primary N) is 3.